The molecule has 7 nitrogen and oxygen atoms in total. The van der Waals surface area contributed by atoms with Crippen LogP contribution in [0.3, 0.4) is 0 Å². The zero-order valence-corrected chi connectivity index (χ0v) is 18.2. The van der Waals surface area contributed by atoms with Gasteiger partial charge in [-0.1, -0.05) is 25.5 Å². The molecule has 164 valence electrons. The molecular weight excluding hydrogens is 398 g/mol. The Morgan fingerprint density at radius 2 is 1.74 bits per heavy atom. The highest BCUT2D eigenvalue weighted by Gasteiger charge is 2.45. The smallest absolute Gasteiger partial charge is 0.295 e. The molecule has 7 heteroatoms. The molecule has 3 rings (SSSR count). The second kappa shape index (κ2) is 9.55. The summed E-state index contributed by atoms with van der Waals surface area (Å²) in [6.07, 6.45) is 1.60. The summed E-state index contributed by atoms with van der Waals surface area (Å²) in [5, 5.41) is 11.1. The molecule has 1 N–H and O–H groups in total. The molecule has 1 aliphatic rings. The van der Waals surface area contributed by atoms with Gasteiger partial charge < -0.3 is 24.2 Å². The number of amides is 1. The minimum Gasteiger partial charge on any atom is -0.507 e. The summed E-state index contributed by atoms with van der Waals surface area (Å²) in [4.78, 5) is 27.4. The molecule has 0 radical (unpaired) electrons. The van der Waals surface area contributed by atoms with Crippen molar-refractivity contribution in [1.29, 1.82) is 0 Å². The maximum absolute atomic E-state index is 13.0. The van der Waals surface area contributed by atoms with Crippen molar-refractivity contribution < 1.29 is 28.9 Å². The summed E-state index contributed by atoms with van der Waals surface area (Å²) in [6, 6.07) is 11.3. The fourth-order valence-corrected chi connectivity index (χ4v) is 3.74. The van der Waals surface area contributed by atoms with Gasteiger partial charge in [-0.2, -0.15) is 0 Å². The number of ketones is 1. The van der Waals surface area contributed by atoms with Gasteiger partial charge in [0.15, 0.2) is 11.5 Å². The summed E-state index contributed by atoms with van der Waals surface area (Å²) >= 11 is 0. The van der Waals surface area contributed by atoms with E-state index in [4.69, 9.17) is 14.2 Å². The Hall–Kier alpha value is -3.48. The SMILES string of the molecule is CCCCN1C(=O)C(=O)/C(=C(\O)c2ccc(OC)c(OC)c2)C1c1cccc(OC)c1. The molecular formula is C24H27NO6. The van der Waals surface area contributed by atoms with E-state index in [0.29, 0.717) is 34.9 Å². The van der Waals surface area contributed by atoms with Crippen molar-refractivity contribution >= 4 is 17.4 Å². The Balaban J connectivity index is 2.18. The zero-order valence-electron chi connectivity index (χ0n) is 18.2. The fraction of sp³-hybridized carbons (Fsp3) is 0.333. The molecule has 1 atom stereocenters. The Labute approximate surface area is 181 Å². The molecule has 0 aliphatic carbocycles. The van der Waals surface area contributed by atoms with Crippen LogP contribution >= 0.6 is 0 Å². The molecule has 1 heterocycles. The number of unbranched alkanes of at least 4 members (excludes halogenated alkanes) is 1. The van der Waals surface area contributed by atoms with Crippen molar-refractivity contribution in [3.8, 4) is 17.2 Å². The molecule has 2 aromatic rings. The lowest BCUT2D eigenvalue weighted by atomic mass is 9.95. The molecule has 2 aromatic carbocycles. The van der Waals surface area contributed by atoms with Crippen LogP contribution in [-0.2, 0) is 9.59 Å². The number of nitrogens with zero attached hydrogens (tertiary/aromatic N) is 1. The third-order valence-electron chi connectivity index (χ3n) is 5.36. The largest absolute Gasteiger partial charge is 0.507 e. The summed E-state index contributed by atoms with van der Waals surface area (Å²) in [7, 11) is 4.55. The van der Waals surface area contributed by atoms with E-state index in [1.165, 1.54) is 19.1 Å². The molecule has 1 aliphatic heterocycles. The molecule has 0 aromatic heterocycles. The number of ether oxygens (including phenoxy) is 3. The number of hydrogen-bond acceptors (Lipinski definition) is 6. The van der Waals surface area contributed by atoms with E-state index in [-0.39, 0.29) is 11.3 Å². The highest BCUT2D eigenvalue weighted by Crippen LogP contribution is 2.41. The number of likely N-dealkylation sites (tertiary alicyclic amines) is 1. The first-order valence-electron chi connectivity index (χ1n) is 10.1. The number of aliphatic hydroxyl groups is 1. The zero-order chi connectivity index (χ0) is 22.5. The molecule has 1 unspecified atom stereocenters. The van der Waals surface area contributed by atoms with Crippen molar-refractivity contribution in [2.75, 3.05) is 27.9 Å². The predicted molar refractivity (Wildman–Crippen MR) is 116 cm³/mol. The second-order valence-electron chi connectivity index (χ2n) is 7.19. The standard InChI is InChI=1S/C24H27NO6/c1-5-6-12-25-21(15-8-7-9-17(13-15)29-2)20(23(27)24(25)28)22(26)16-10-11-18(30-3)19(14-16)31-4/h7-11,13-14,21,26H,5-6,12H2,1-4H3/b22-20-. The van der Waals surface area contributed by atoms with Crippen LogP contribution in [0.4, 0.5) is 0 Å². The first-order valence-corrected chi connectivity index (χ1v) is 10.1. The lowest BCUT2D eigenvalue weighted by Crippen LogP contribution is -2.30. The minimum absolute atomic E-state index is 0.0431. The van der Waals surface area contributed by atoms with Crippen LogP contribution in [0.5, 0.6) is 17.2 Å². The third-order valence-corrected chi connectivity index (χ3v) is 5.36. The number of carbonyl (C=O) groups is 2. The maximum Gasteiger partial charge on any atom is 0.295 e. The van der Waals surface area contributed by atoms with Crippen LogP contribution in [0, 0.1) is 0 Å². The van der Waals surface area contributed by atoms with Gasteiger partial charge in [0.25, 0.3) is 11.7 Å². The summed E-state index contributed by atoms with van der Waals surface area (Å²) in [5.41, 5.74) is 1.09. The van der Waals surface area contributed by atoms with E-state index in [2.05, 4.69) is 0 Å². The van der Waals surface area contributed by atoms with Gasteiger partial charge in [-0.3, -0.25) is 9.59 Å². The summed E-state index contributed by atoms with van der Waals surface area (Å²) < 4.78 is 15.9. The molecule has 0 spiro atoms. The van der Waals surface area contributed by atoms with Gasteiger partial charge in [0.05, 0.1) is 32.9 Å². The van der Waals surface area contributed by atoms with Crippen molar-refractivity contribution in [1.82, 2.24) is 4.90 Å². The number of methoxy groups -OCH3 is 3. The van der Waals surface area contributed by atoms with Gasteiger partial charge in [-0.15, -0.1) is 0 Å². The van der Waals surface area contributed by atoms with E-state index in [0.717, 1.165) is 12.8 Å². The first-order chi connectivity index (χ1) is 15.0. The first kappa shape index (κ1) is 22.2. The van der Waals surface area contributed by atoms with Gasteiger partial charge in [0, 0.05) is 12.1 Å². The van der Waals surface area contributed by atoms with Crippen LogP contribution in [0.25, 0.3) is 5.76 Å². The van der Waals surface area contributed by atoms with Gasteiger partial charge in [-0.05, 0) is 42.3 Å². The van der Waals surface area contributed by atoms with Gasteiger partial charge in [0.1, 0.15) is 11.5 Å². The number of Topliss-reactive ketones (excluding diaryl/α,β-unsaturated/α-hetero) is 1. The second-order valence-corrected chi connectivity index (χ2v) is 7.19. The number of hydrogen-bond donors (Lipinski definition) is 1. The Bertz CT molecular complexity index is 1010. The monoisotopic (exact) mass is 425 g/mol. The van der Waals surface area contributed by atoms with Crippen LogP contribution in [0.15, 0.2) is 48.0 Å². The van der Waals surface area contributed by atoms with Crippen LogP contribution in [0.2, 0.25) is 0 Å². The molecule has 1 saturated heterocycles. The van der Waals surface area contributed by atoms with Gasteiger partial charge in [-0.25, -0.2) is 0 Å². The quantitative estimate of drug-likeness (QED) is 0.392. The highest BCUT2D eigenvalue weighted by atomic mass is 16.5. The fourth-order valence-electron chi connectivity index (χ4n) is 3.74. The topological polar surface area (TPSA) is 85.3 Å². The third kappa shape index (κ3) is 4.21. The van der Waals surface area contributed by atoms with E-state index in [1.54, 1.807) is 43.5 Å². The Kier molecular flexibility index (Phi) is 6.84. The Morgan fingerprint density at radius 1 is 1.00 bits per heavy atom. The summed E-state index contributed by atoms with van der Waals surface area (Å²) in [6.45, 7) is 2.42. The number of benzene rings is 2. The van der Waals surface area contributed by atoms with E-state index < -0.39 is 17.7 Å². The normalized spacial score (nSPS) is 17.7. The van der Waals surface area contributed by atoms with E-state index >= 15 is 0 Å². The van der Waals surface area contributed by atoms with Gasteiger partial charge in [0.2, 0.25) is 0 Å². The van der Waals surface area contributed by atoms with Crippen LogP contribution in [0.1, 0.15) is 36.9 Å². The average Bonchev–Trinajstić information content (AvgIpc) is 3.06. The van der Waals surface area contributed by atoms with E-state index in [9.17, 15) is 14.7 Å². The van der Waals surface area contributed by atoms with E-state index in [1.807, 2.05) is 13.0 Å². The lowest BCUT2D eigenvalue weighted by molar-refractivity contribution is -0.139. The average molecular weight is 425 g/mol. The molecule has 0 saturated carbocycles. The van der Waals surface area contributed by atoms with Crippen LogP contribution < -0.4 is 14.2 Å². The number of carbonyl (C=O) groups excluding carboxylic acids is 2. The maximum atomic E-state index is 13.0. The lowest BCUT2D eigenvalue weighted by Gasteiger charge is -2.25. The van der Waals surface area contributed by atoms with Crippen molar-refractivity contribution in [3.63, 3.8) is 0 Å². The van der Waals surface area contributed by atoms with Crippen LogP contribution in [-0.4, -0.2) is 49.6 Å². The van der Waals surface area contributed by atoms with Crippen molar-refractivity contribution in [2.24, 2.45) is 0 Å². The molecule has 1 fully saturated rings. The van der Waals surface area contributed by atoms with Crippen molar-refractivity contribution in [2.45, 2.75) is 25.8 Å². The van der Waals surface area contributed by atoms with Crippen molar-refractivity contribution in [3.05, 3.63) is 59.2 Å². The molecule has 0 bridgehead atoms. The predicted octanol–water partition coefficient (Wildman–Crippen LogP) is 3.93. The van der Waals surface area contributed by atoms with Gasteiger partial charge >= 0.3 is 0 Å². The number of rotatable bonds is 8. The minimum atomic E-state index is -0.713. The Morgan fingerprint density at radius 3 is 2.39 bits per heavy atom. The molecule has 31 heavy (non-hydrogen) atoms. The molecule has 1 amide bonds. The summed E-state index contributed by atoms with van der Waals surface area (Å²) in [5.74, 6) is -0.0909. The highest BCUT2D eigenvalue weighted by molar-refractivity contribution is 6.46. The number of aliphatic hydroxyl groups excluding tert-OH is 1.